The van der Waals surface area contributed by atoms with Crippen molar-refractivity contribution in [2.45, 2.75) is 13.8 Å². The molecule has 0 aliphatic rings. The van der Waals surface area contributed by atoms with Crippen molar-refractivity contribution in [1.29, 1.82) is 5.26 Å². The summed E-state index contributed by atoms with van der Waals surface area (Å²) in [5.74, 6) is 0.690. The van der Waals surface area contributed by atoms with E-state index in [2.05, 4.69) is 11.2 Å². The number of nitriles is 1. The molecule has 4 nitrogen and oxygen atoms in total. The van der Waals surface area contributed by atoms with E-state index in [1.807, 2.05) is 19.9 Å². The number of rotatable bonds is 1. The Hall–Kier alpha value is -2.02. The molecule has 0 amide bonds. The zero-order chi connectivity index (χ0) is 11.0. The first-order valence-corrected chi connectivity index (χ1v) is 4.61. The van der Waals surface area contributed by atoms with Crippen LogP contribution in [0.3, 0.4) is 0 Å². The fraction of sp³-hybridized carbons (Fsp3) is 0.273. The zero-order valence-corrected chi connectivity index (χ0v) is 8.90. The largest absolute Gasteiger partial charge is 0.481 e. The second-order valence-electron chi connectivity index (χ2n) is 3.43. The molecule has 15 heavy (non-hydrogen) atoms. The Morgan fingerprint density at radius 2 is 2.20 bits per heavy atom. The smallest absolute Gasteiger partial charge is 0.215 e. The van der Waals surface area contributed by atoms with Gasteiger partial charge in [0.1, 0.15) is 6.07 Å². The third-order valence-electron chi connectivity index (χ3n) is 2.53. The predicted molar refractivity (Wildman–Crippen MR) is 55.9 cm³/mol. The molecule has 0 aromatic carbocycles. The van der Waals surface area contributed by atoms with Gasteiger partial charge in [-0.15, -0.1) is 0 Å². The minimum absolute atomic E-state index is 0.603. The third-order valence-corrected chi connectivity index (χ3v) is 2.53. The second-order valence-corrected chi connectivity index (χ2v) is 3.43. The van der Waals surface area contributed by atoms with Crippen molar-refractivity contribution in [3.8, 4) is 11.9 Å². The van der Waals surface area contributed by atoms with Crippen molar-refractivity contribution < 1.29 is 4.74 Å². The highest BCUT2D eigenvalue weighted by Crippen LogP contribution is 2.24. The van der Waals surface area contributed by atoms with E-state index < -0.39 is 0 Å². The lowest BCUT2D eigenvalue weighted by atomic mass is 10.1. The van der Waals surface area contributed by atoms with Crippen LogP contribution in [0.25, 0.3) is 5.52 Å². The van der Waals surface area contributed by atoms with Crippen LogP contribution in [0.15, 0.2) is 12.3 Å². The van der Waals surface area contributed by atoms with E-state index in [4.69, 9.17) is 10.00 Å². The number of ether oxygens (including phenoxy) is 1. The molecule has 0 bridgehead atoms. The zero-order valence-electron chi connectivity index (χ0n) is 8.90. The van der Waals surface area contributed by atoms with E-state index in [0.29, 0.717) is 11.4 Å². The summed E-state index contributed by atoms with van der Waals surface area (Å²) in [4.78, 5) is 0. The van der Waals surface area contributed by atoms with Crippen molar-refractivity contribution >= 4 is 5.52 Å². The van der Waals surface area contributed by atoms with Crippen LogP contribution in [0.5, 0.6) is 5.88 Å². The van der Waals surface area contributed by atoms with Gasteiger partial charge in [-0.25, -0.2) is 4.52 Å². The lowest BCUT2D eigenvalue weighted by Crippen LogP contribution is -1.98. The first-order chi connectivity index (χ1) is 7.19. The highest BCUT2D eigenvalue weighted by molar-refractivity contribution is 5.66. The fourth-order valence-electron chi connectivity index (χ4n) is 1.76. The van der Waals surface area contributed by atoms with E-state index in [1.165, 1.54) is 0 Å². The van der Waals surface area contributed by atoms with Gasteiger partial charge in [-0.3, -0.25) is 0 Å². The Balaban J connectivity index is 2.89. The van der Waals surface area contributed by atoms with E-state index in [0.717, 1.165) is 16.6 Å². The van der Waals surface area contributed by atoms with Crippen LogP contribution >= 0.6 is 0 Å². The topological polar surface area (TPSA) is 50.3 Å². The predicted octanol–water partition coefficient (Wildman–Crippen LogP) is 1.83. The summed E-state index contributed by atoms with van der Waals surface area (Å²) >= 11 is 0. The number of fused-ring (bicyclic) bond motifs is 1. The highest BCUT2D eigenvalue weighted by Gasteiger charge is 2.11. The third kappa shape index (κ3) is 1.24. The van der Waals surface area contributed by atoms with Crippen molar-refractivity contribution in [3.05, 3.63) is 29.0 Å². The lowest BCUT2D eigenvalue weighted by molar-refractivity contribution is 0.387. The standard InChI is InChI=1S/C11H11N3O/c1-7-4-10(15-3)14-11(7)8(2)9(5-12)6-13-14/h4,6H,1-3H3. The van der Waals surface area contributed by atoms with Gasteiger partial charge in [0, 0.05) is 6.07 Å². The van der Waals surface area contributed by atoms with Crippen LogP contribution in [0, 0.1) is 25.2 Å². The van der Waals surface area contributed by atoms with Crippen LogP contribution in [-0.2, 0) is 0 Å². The van der Waals surface area contributed by atoms with Gasteiger partial charge >= 0.3 is 0 Å². The Labute approximate surface area is 87.7 Å². The van der Waals surface area contributed by atoms with Crippen LogP contribution in [0.2, 0.25) is 0 Å². The molecule has 0 spiro atoms. The molecule has 2 aromatic heterocycles. The maximum absolute atomic E-state index is 8.90. The Morgan fingerprint density at radius 3 is 2.80 bits per heavy atom. The minimum atomic E-state index is 0.603. The lowest BCUT2D eigenvalue weighted by Gasteiger charge is -2.03. The van der Waals surface area contributed by atoms with Crippen LogP contribution in [-0.4, -0.2) is 16.7 Å². The normalized spacial score (nSPS) is 10.3. The quantitative estimate of drug-likeness (QED) is 0.707. The summed E-state index contributed by atoms with van der Waals surface area (Å²) in [6, 6.07) is 4.04. The van der Waals surface area contributed by atoms with Crippen molar-refractivity contribution in [3.63, 3.8) is 0 Å². The molecular weight excluding hydrogens is 190 g/mol. The van der Waals surface area contributed by atoms with E-state index >= 15 is 0 Å². The Morgan fingerprint density at radius 1 is 1.47 bits per heavy atom. The van der Waals surface area contributed by atoms with Crippen LogP contribution in [0.4, 0.5) is 0 Å². The van der Waals surface area contributed by atoms with Gasteiger partial charge in [0.05, 0.1) is 24.4 Å². The average molecular weight is 201 g/mol. The first-order valence-electron chi connectivity index (χ1n) is 4.61. The monoisotopic (exact) mass is 201 g/mol. The van der Waals surface area contributed by atoms with E-state index in [1.54, 1.807) is 17.8 Å². The summed E-state index contributed by atoms with van der Waals surface area (Å²) in [7, 11) is 1.61. The maximum Gasteiger partial charge on any atom is 0.215 e. The average Bonchev–Trinajstić information content (AvgIpc) is 2.56. The summed E-state index contributed by atoms with van der Waals surface area (Å²) < 4.78 is 6.91. The molecule has 0 radical (unpaired) electrons. The Kier molecular flexibility index (Phi) is 2.09. The van der Waals surface area contributed by atoms with Crippen LogP contribution in [0.1, 0.15) is 16.7 Å². The summed E-state index contributed by atoms with van der Waals surface area (Å²) in [6.45, 7) is 3.90. The van der Waals surface area contributed by atoms with E-state index in [9.17, 15) is 0 Å². The van der Waals surface area contributed by atoms with Gasteiger partial charge in [-0.2, -0.15) is 10.4 Å². The molecule has 4 heteroatoms. The fourth-order valence-corrected chi connectivity index (χ4v) is 1.76. The van der Waals surface area contributed by atoms with E-state index in [-0.39, 0.29) is 0 Å². The number of nitrogens with zero attached hydrogens (tertiary/aromatic N) is 3. The SMILES string of the molecule is COc1cc(C)c2c(C)c(C#N)cnn12. The maximum atomic E-state index is 8.90. The van der Waals surface area contributed by atoms with Gasteiger partial charge < -0.3 is 4.74 Å². The molecule has 0 aliphatic carbocycles. The number of aryl methyl sites for hydroxylation is 2. The van der Waals surface area contributed by atoms with Gasteiger partial charge in [0.2, 0.25) is 5.88 Å². The molecule has 0 atom stereocenters. The van der Waals surface area contributed by atoms with Crippen molar-refractivity contribution in [1.82, 2.24) is 9.61 Å². The molecule has 2 aromatic rings. The molecule has 2 rings (SSSR count). The minimum Gasteiger partial charge on any atom is -0.481 e. The number of methoxy groups -OCH3 is 1. The number of hydrogen-bond acceptors (Lipinski definition) is 3. The molecular formula is C11H11N3O. The molecule has 76 valence electrons. The molecule has 0 saturated heterocycles. The summed E-state index contributed by atoms with van der Waals surface area (Å²) in [6.07, 6.45) is 1.56. The Bertz CT molecular complexity index is 563. The highest BCUT2D eigenvalue weighted by atomic mass is 16.5. The molecule has 2 heterocycles. The van der Waals surface area contributed by atoms with Crippen molar-refractivity contribution in [2.24, 2.45) is 0 Å². The van der Waals surface area contributed by atoms with Crippen LogP contribution < -0.4 is 4.74 Å². The summed E-state index contributed by atoms with van der Waals surface area (Å²) in [5.41, 5.74) is 3.56. The molecule has 0 aliphatic heterocycles. The first kappa shape index (κ1) is 9.53. The summed E-state index contributed by atoms with van der Waals surface area (Å²) in [5, 5.41) is 13.1. The molecule has 0 fully saturated rings. The van der Waals surface area contributed by atoms with Crippen molar-refractivity contribution in [2.75, 3.05) is 7.11 Å². The number of hydrogen-bond donors (Lipinski definition) is 0. The van der Waals surface area contributed by atoms with Gasteiger partial charge in [0.15, 0.2) is 0 Å². The van der Waals surface area contributed by atoms with Gasteiger partial charge in [-0.1, -0.05) is 0 Å². The molecule has 0 N–H and O–H groups in total. The van der Waals surface area contributed by atoms with Gasteiger partial charge in [-0.05, 0) is 25.0 Å². The second kappa shape index (κ2) is 3.28. The number of aromatic nitrogens is 2. The molecule has 0 unspecified atom stereocenters. The molecule has 0 saturated carbocycles. The van der Waals surface area contributed by atoms with Gasteiger partial charge in [0.25, 0.3) is 0 Å².